The lowest BCUT2D eigenvalue weighted by Gasteiger charge is -2.32. The summed E-state index contributed by atoms with van der Waals surface area (Å²) in [5.41, 5.74) is 1.39. The summed E-state index contributed by atoms with van der Waals surface area (Å²) in [7, 11) is -3.75. The first-order valence-corrected chi connectivity index (χ1v) is 13.0. The molecule has 2 rings (SSSR count). The lowest BCUT2D eigenvalue weighted by atomic mass is 10.1. The molecule has 0 radical (unpaired) electrons. The number of benzene rings is 2. The molecule has 0 aliphatic carbocycles. The number of anilines is 1. The third-order valence-corrected chi connectivity index (χ3v) is 6.68. The quantitative estimate of drug-likeness (QED) is 0.517. The Morgan fingerprint density at radius 1 is 1.00 bits per heavy atom. The van der Waals surface area contributed by atoms with Crippen LogP contribution in [0.1, 0.15) is 26.3 Å². The second kappa shape index (κ2) is 11.5. The van der Waals surface area contributed by atoms with Gasteiger partial charge in [0.2, 0.25) is 21.8 Å². The van der Waals surface area contributed by atoms with Crippen LogP contribution in [0.15, 0.2) is 59.1 Å². The number of nitrogens with zero attached hydrogens (tertiary/aromatic N) is 2. The smallest absolute Gasteiger partial charge is 0.244 e. The Balaban J connectivity index is 2.32. The summed E-state index contributed by atoms with van der Waals surface area (Å²) in [6.07, 6.45) is 1.60. The van der Waals surface area contributed by atoms with E-state index in [4.69, 9.17) is 0 Å². The molecule has 0 aromatic heterocycles. The number of hydrogen-bond acceptors (Lipinski definition) is 4. The van der Waals surface area contributed by atoms with Gasteiger partial charge in [0.05, 0.1) is 11.9 Å². The van der Waals surface area contributed by atoms with Gasteiger partial charge in [0.1, 0.15) is 12.6 Å². The summed E-state index contributed by atoms with van der Waals surface area (Å²) in [5, 5.41) is 2.83. The van der Waals surface area contributed by atoms with Crippen molar-refractivity contribution in [3.63, 3.8) is 0 Å². The van der Waals surface area contributed by atoms with Crippen LogP contribution >= 0.6 is 15.9 Å². The van der Waals surface area contributed by atoms with E-state index in [0.717, 1.165) is 16.1 Å². The number of nitrogens with one attached hydrogen (secondary N) is 1. The topological polar surface area (TPSA) is 86.8 Å². The van der Waals surface area contributed by atoms with Crippen molar-refractivity contribution in [3.8, 4) is 0 Å². The van der Waals surface area contributed by atoms with Crippen LogP contribution in [-0.2, 0) is 26.0 Å². The van der Waals surface area contributed by atoms with Crippen molar-refractivity contribution in [2.45, 2.75) is 39.3 Å². The van der Waals surface area contributed by atoms with E-state index in [1.165, 1.54) is 4.90 Å². The van der Waals surface area contributed by atoms with Crippen molar-refractivity contribution in [2.75, 3.05) is 23.7 Å². The molecule has 2 amide bonds. The molecule has 32 heavy (non-hydrogen) atoms. The van der Waals surface area contributed by atoms with Crippen LogP contribution in [0, 0.1) is 0 Å². The number of hydrogen-bond donors (Lipinski definition) is 1. The average molecular weight is 524 g/mol. The number of halogens is 1. The Labute approximate surface area is 199 Å². The highest BCUT2D eigenvalue weighted by atomic mass is 79.9. The fourth-order valence-electron chi connectivity index (χ4n) is 3.22. The molecule has 1 atom stereocenters. The van der Waals surface area contributed by atoms with Gasteiger partial charge in [0, 0.05) is 17.1 Å². The van der Waals surface area contributed by atoms with Crippen molar-refractivity contribution in [1.82, 2.24) is 10.2 Å². The molecular weight excluding hydrogens is 494 g/mol. The number of carbonyl (C=O) groups is 2. The van der Waals surface area contributed by atoms with Crippen LogP contribution in [-0.4, -0.2) is 56.6 Å². The lowest BCUT2D eigenvalue weighted by molar-refractivity contribution is -0.139. The van der Waals surface area contributed by atoms with Gasteiger partial charge in [-0.05, 0) is 60.8 Å². The van der Waals surface area contributed by atoms with Gasteiger partial charge in [-0.3, -0.25) is 13.9 Å². The Hall–Kier alpha value is -2.39. The zero-order valence-electron chi connectivity index (χ0n) is 18.8. The second-order valence-electron chi connectivity index (χ2n) is 7.88. The molecule has 0 heterocycles. The van der Waals surface area contributed by atoms with Gasteiger partial charge in [-0.25, -0.2) is 8.42 Å². The van der Waals surface area contributed by atoms with Gasteiger partial charge in [-0.15, -0.1) is 0 Å². The van der Waals surface area contributed by atoms with Crippen molar-refractivity contribution in [1.29, 1.82) is 0 Å². The predicted octanol–water partition coefficient (Wildman–Crippen LogP) is 3.20. The molecule has 0 fully saturated rings. The first-order chi connectivity index (χ1) is 15.0. The van der Waals surface area contributed by atoms with Gasteiger partial charge < -0.3 is 10.2 Å². The predicted molar refractivity (Wildman–Crippen MR) is 131 cm³/mol. The van der Waals surface area contributed by atoms with E-state index in [0.29, 0.717) is 16.6 Å². The van der Waals surface area contributed by atoms with Gasteiger partial charge >= 0.3 is 0 Å². The van der Waals surface area contributed by atoms with Gasteiger partial charge in [0.25, 0.3) is 0 Å². The Morgan fingerprint density at radius 3 is 2.16 bits per heavy atom. The normalized spacial score (nSPS) is 12.3. The number of rotatable bonds is 10. The maximum Gasteiger partial charge on any atom is 0.244 e. The first-order valence-electron chi connectivity index (χ1n) is 10.4. The molecule has 0 spiro atoms. The fraction of sp³-hybridized carbons (Fsp3) is 0.391. The molecule has 0 saturated heterocycles. The molecule has 2 aromatic carbocycles. The SMILES string of the molecule is CC(C)NC(=O)C(C)N(CCc1ccccc1)C(=O)CN(c1ccccc1Br)S(C)(=O)=O. The minimum atomic E-state index is -3.75. The number of carbonyl (C=O) groups excluding carboxylic acids is 2. The monoisotopic (exact) mass is 523 g/mol. The van der Waals surface area contributed by atoms with E-state index >= 15 is 0 Å². The zero-order valence-corrected chi connectivity index (χ0v) is 21.2. The molecule has 0 saturated carbocycles. The van der Waals surface area contributed by atoms with Crippen LogP contribution in [0.3, 0.4) is 0 Å². The molecule has 0 bridgehead atoms. The van der Waals surface area contributed by atoms with Crippen molar-refractivity contribution in [2.24, 2.45) is 0 Å². The summed E-state index contributed by atoms with van der Waals surface area (Å²) < 4.78 is 26.7. The molecule has 174 valence electrons. The van der Waals surface area contributed by atoms with Crippen molar-refractivity contribution >= 4 is 43.5 Å². The highest BCUT2D eigenvalue weighted by Gasteiger charge is 2.30. The molecule has 0 aliphatic rings. The van der Waals surface area contributed by atoms with Crippen LogP contribution in [0.4, 0.5) is 5.69 Å². The molecule has 9 heteroatoms. The molecule has 7 nitrogen and oxygen atoms in total. The minimum absolute atomic E-state index is 0.0798. The average Bonchev–Trinajstić information content (AvgIpc) is 2.72. The Morgan fingerprint density at radius 2 is 1.59 bits per heavy atom. The zero-order chi connectivity index (χ0) is 23.9. The standard InChI is InChI=1S/C23H30BrN3O4S/c1-17(2)25-23(29)18(3)26(15-14-19-10-6-5-7-11-19)22(28)16-27(32(4,30)31)21-13-9-8-12-20(21)24/h5-13,17-18H,14-16H2,1-4H3,(H,25,29). The third kappa shape index (κ3) is 7.34. The minimum Gasteiger partial charge on any atom is -0.352 e. The van der Waals surface area contributed by atoms with Crippen molar-refractivity contribution in [3.05, 3.63) is 64.6 Å². The maximum atomic E-state index is 13.4. The van der Waals surface area contributed by atoms with Crippen molar-refractivity contribution < 1.29 is 18.0 Å². The van der Waals surface area contributed by atoms with E-state index < -0.39 is 28.5 Å². The molecule has 1 N–H and O–H groups in total. The summed E-state index contributed by atoms with van der Waals surface area (Å²) in [6, 6.07) is 15.6. The third-order valence-electron chi connectivity index (χ3n) is 4.88. The maximum absolute atomic E-state index is 13.4. The molecular formula is C23H30BrN3O4S. The second-order valence-corrected chi connectivity index (χ2v) is 10.6. The van der Waals surface area contributed by atoms with Crippen LogP contribution < -0.4 is 9.62 Å². The lowest BCUT2D eigenvalue weighted by Crippen LogP contribution is -2.53. The van der Waals surface area contributed by atoms with Gasteiger partial charge in [-0.2, -0.15) is 0 Å². The molecule has 2 aromatic rings. The van der Waals surface area contributed by atoms with E-state index in [1.54, 1.807) is 31.2 Å². The van der Waals surface area contributed by atoms with Crippen LogP contribution in [0.2, 0.25) is 0 Å². The Bertz CT molecular complexity index is 1030. The van der Waals surface area contributed by atoms with E-state index in [9.17, 15) is 18.0 Å². The van der Waals surface area contributed by atoms with E-state index in [1.807, 2.05) is 44.2 Å². The summed E-state index contributed by atoms with van der Waals surface area (Å²) >= 11 is 3.36. The summed E-state index contributed by atoms with van der Waals surface area (Å²) in [5.74, 6) is -0.735. The van der Waals surface area contributed by atoms with Crippen LogP contribution in [0.5, 0.6) is 0 Å². The molecule has 0 aliphatic heterocycles. The Kier molecular flexibility index (Phi) is 9.27. The largest absolute Gasteiger partial charge is 0.352 e. The number of amides is 2. The number of para-hydroxylation sites is 1. The van der Waals surface area contributed by atoms with Gasteiger partial charge in [0.15, 0.2) is 0 Å². The summed E-state index contributed by atoms with van der Waals surface area (Å²) in [6.45, 7) is 5.22. The molecule has 1 unspecified atom stereocenters. The van der Waals surface area contributed by atoms with Gasteiger partial charge in [-0.1, -0.05) is 42.5 Å². The van der Waals surface area contributed by atoms with E-state index in [2.05, 4.69) is 21.2 Å². The summed E-state index contributed by atoms with van der Waals surface area (Å²) in [4.78, 5) is 27.5. The highest BCUT2D eigenvalue weighted by Crippen LogP contribution is 2.27. The first kappa shape index (κ1) is 25.9. The van der Waals surface area contributed by atoms with E-state index in [-0.39, 0.29) is 18.5 Å². The van der Waals surface area contributed by atoms with Crippen LogP contribution in [0.25, 0.3) is 0 Å². The highest BCUT2D eigenvalue weighted by molar-refractivity contribution is 9.10. The fourth-order valence-corrected chi connectivity index (χ4v) is 4.70. The number of sulfonamides is 1.